The highest BCUT2D eigenvalue weighted by atomic mass is 19.1. The number of carbonyl (C=O) groups excluding carboxylic acids is 1. The molecular formula is C23H28FN3O2. The zero-order chi connectivity index (χ0) is 20.2. The predicted octanol–water partition coefficient (Wildman–Crippen LogP) is 4.54. The number of ether oxygens (including phenoxy) is 1. The molecule has 29 heavy (non-hydrogen) atoms. The SMILES string of the molecule is COc1ccc(CN2[C@@H]3CCC[C@@H]2CC(NC(=O)Nc2cccc(F)c2)C3)cc1. The van der Waals surface area contributed by atoms with Gasteiger partial charge in [-0.05, 0) is 61.6 Å². The molecule has 4 rings (SSSR count). The standard InChI is InChI=1S/C23H28FN3O2/c1-29-22-10-8-16(9-11-22)15-27-20-6-3-7-21(27)14-19(13-20)26-23(28)25-18-5-2-4-17(24)12-18/h2,4-5,8-12,19-21H,3,6-7,13-15H2,1H3,(H2,25,26,28)/t20-,21-/m1/s1. The molecule has 0 aromatic heterocycles. The number of amides is 2. The summed E-state index contributed by atoms with van der Waals surface area (Å²) in [5, 5.41) is 5.84. The highest BCUT2D eigenvalue weighted by Gasteiger charge is 2.38. The minimum Gasteiger partial charge on any atom is -0.497 e. The van der Waals surface area contributed by atoms with E-state index in [1.807, 2.05) is 12.1 Å². The predicted molar refractivity (Wildman–Crippen MR) is 112 cm³/mol. The molecule has 0 saturated carbocycles. The van der Waals surface area contributed by atoms with Crippen molar-refractivity contribution in [1.29, 1.82) is 0 Å². The Balaban J connectivity index is 1.35. The van der Waals surface area contributed by atoms with Crippen LogP contribution in [0.15, 0.2) is 48.5 Å². The summed E-state index contributed by atoms with van der Waals surface area (Å²) in [5.41, 5.74) is 1.76. The lowest BCUT2D eigenvalue weighted by atomic mass is 9.81. The van der Waals surface area contributed by atoms with Crippen LogP contribution in [0.25, 0.3) is 0 Å². The Morgan fingerprint density at radius 2 is 1.86 bits per heavy atom. The number of fused-ring (bicyclic) bond motifs is 2. The summed E-state index contributed by atoms with van der Waals surface area (Å²) in [5.74, 6) is 0.519. The summed E-state index contributed by atoms with van der Waals surface area (Å²) in [4.78, 5) is 15.0. The van der Waals surface area contributed by atoms with Crippen molar-refractivity contribution >= 4 is 11.7 Å². The maximum absolute atomic E-state index is 13.3. The highest BCUT2D eigenvalue weighted by Crippen LogP contribution is 2.35. The minimum atomic E-state index is -0.357. The lowest BCUT2D eigenvalue weighted by Gasteiger charge is -2.49. The third-order valence-corrected chi connectivity index (χ3v) is 6.07. The van der Waals surface area contributed by atoms with Crippen LogP contribution in [-0.2, 0) is 6.54 Å². The molecule has 154 valence electrons. The number of hydrogen-bond acceptors (Lipinski definition) is 3. The molecule has 2 saturated heterocycles. The Labute approximate surface area is 171 Å². The van der Waals surface area contributed by atoms with Gasteiger partial charge in [-0.1, -0.05) is 24.6 Å². The van der Waals surface area contributed by atoms with Gasteiger partial charge in [-0.3, -0.25) is 4.90 Å². The van der Waals surface area contributed by atoms with E-state index in [0.717, 1.165) is 38.0 Å². The minimum absolute atomic E-state index is 0.144. The molecule has 2 amide bonds. The van der Waals surface area contributed by atoms with E-state index < -0.39 is 0 Å². The zero-order valence-electron chi connectivity index (χ0n) is 16.7. The first kappa shape index (κ1) is 19.7. The molecule has 0 unspecified atom stereocenters. The average Bonchev–Trinajstić information content (AvgIpc) is 2.69. The van der Waals surface area contributed by atoms with Crippen LogP contribution in [0, 0.1) is 5.82 Å². The monoisotopic (exact) mass is 397 g/mol. The Bertz CT molecular complexity index is 828. The number of halogens is 1. The lowest BCUT2D eigenvalue weighted by molar-refractivity contribution is 0.0200. The number of benzene rings is 2. The quantitative estimate of drug-likeness (QED) is 0.779. The maximum atomic E-state index is 13.3. The topological polar surface area (TPSA) is 53.6 Å². The summed E-state index contributed by atoms with van der Waals surface area (Å²) in [6, 6.07) is 15.1. The molecule has 2 atom stereocenters. The Hall–Kier alpha value is -2.60. The summed E-state index contributed by atoms with van der Waals surface area (Å²) >= 11 is 0. The van der Waals surface area contributed by atoms with Crippen LogP contribution in [0.4, 0.5) is 14.9 Å². The van der Waals surface area contributed by atoms with Crippen molar-refractivity contribution < 1.29 is 13.9 Å². The van der Waals surface area contributed by atoms with E-state index in [9.17, 15) is 9.18 Å². The number of nitrogens with one attached hydrogen (secondary N) is 2. The number of rotatable bonds is 5. The van der Waals surface area contributed by atoms with E-state index in [1.54, 1.807) is 19.2 Å². The second-order valence-corrected chi connectivity index (χ2v) is 8.04. The van der Waals surface area contributed by atoms with Crippen molar-refractivity contribution in [1.82, 2.24) is 10.2 Å². The van der Waals surface area contributed by atoms with Gasteiger partial charge in [-0.15, -0.1) is 0 Å². The van der Waals surface area contributed by atoms with Crippen LogP contribution < -0.4 is 15.4 Å². The average molecular weight is 397 g/mol. The fraction of sp³-hybridized carbons (Fsp3) is 0.435. The maximum Gasteiger partial charge on any atom is 0.319 e. The summed E-state index contributed by atoms with van der Waals surface area (Å²) < 4.78 is 18.6. The van der Waals surface area contributed by atoms with Gasteiger partial charge in [0.1, 0.15) is 11.6 Å². The third-order valence-electron chi connectivity index (χ3n) is 6.07. The second kappa shape index (κ2) is 8.82. The van der Waals surface area contributed by atoms with Gasteiger partial charge in [-0.25, -0.2) is 9.18 Å². The molecular weight excluding hydrogens is 369 g/mol. The largest absolute Gasteiger partial charge is 0.497 e. The first-order chi connectivity index (χ1) is 14.1. The van der Waals surface area contributed by atoms with Gasteiger partial charge in [0.2, 0.25) is 0 Å². The van der Waals surface area contributed by atoms with Crippen molar-refractivity contribution in [3.05, 3.63) is 59.9 Å². The van der Waals surface area contributed by atoms with Crippen molar-refractivity contribution in [2.75, 3.05) is 12.4 Å². The molecule has 6 heteroatoms. The number of methoxy groups -OCH3 is 1. The molecule has 0 aliphatic carbocycles. The molecule has 2 aromatic carbocycles. The number of piperidine rings is 2. The van der Waals surface area contributed by atoms with Gasteiger partial charge >= 0.3 is 6.03 Å². The molecule has 2 fully saturated rings. The van der Waals surface area contributed by atoms with Crippen LogP contribution in [-0.4, -0.2) is 36.2 Å². The Morgan fingerprint density at radius 1 is 1.14 bits per heavy atom. The van der Waals surface area contributed by atoms with Gasteiger partial charge in [0.25, 0.3) is 0 Å². The smallest absolute Gasteiger partial charge is 0.319 e. The van der Waals surface area contributed by atoms with Crippen LogP contribution in [0.5, 0.6) is 5.75 Å². The number of hydrogen-bond donors (Lipinski definition) is 2. The molecule has 2 aliphatic rings. The van der Waals surface area contributed by atoms with Gasteiger partial charge < -0.3 is 15.4 Å². The van der Waals surface area contributed by atoms with Gasteiger partial charge in [0.05, 0.1) is 7.11 Å². The van der Waals surface area contributed by atoms with E-state index in [2.05, 4.69) is 27.7 Å². The van der Waals surface area contributed by atoms with Crippen molar-refractivity contribution in [3.63, 3.8) is 0 Å². The first-order valence-corrected chi connectivity index (χ1v) is 10.3. The molecule has 2 heterocycles. The van der Waals surface area contributed by atoms with Crippen molar-refractivity contribution in [2.45, 2.75) is 56.8 Å². The lowest BCUT2D eigenvalue weighted by Crippen LogP contribution is -2.56. The van der Waals surface area contributed by atoms with E-state index >= 15 is 0 Å². The molecule has 2 N–H and O–H groups in total. The van der Waals surface area contributed by atoms with Crippen LogP contribution >= 0.6 is 0 Å². The molecule has 2 bridgehead atoms. The Kier molecular flexibility index (Phi) is 6.00. The number of anilines is 1. The molecule has 2 aromatic rings. The van der Waals surface area contributed by atoms with E-state index in [0.29, 0.717) is 17.8 Å². The summed E-state index contributed by atoms with van der Waals surface area (Å²) in [6.45, 7) is 0.932. The molecule has 0 radical (unpaired) electrons. The van der Waals surface area contributed by atoms with Gasteiger partial charge in [0, 0.05) is 30.4 Å². The second-order valence-electron chi connectivity index (χ2n) is 8.04. The number of nitrogens with zero attached hydrogens (tertiary/aromatic N) is 1. The van der Waals surface area contributed by atoms with Crippen molar-refractivity contribution in [2.24, 2.45) is 0 Å². The highest BCUT2D eigenvalue weighted by molar-refractivity contribution is 5.89. The number of carbonyl (C=O) groups is 1. The fourth-order valence-electron chi connectivity index (χ4n) is 4.72. The van der Waals surface area contributed by atoms with Crippen LogP contribution in [0.1, 0.15) is 37.7 Å². The van der Waals surface area contributed by atoms with Crippen molar-refractivity contribution in [3.8, 4) is 5.75 Å². The first-order valence-electron chi connectivity index (χ1n) is 10.3. The van der Waals surface area contributed by atoms with E-state index in [4.69, 9.17) is 4.74 Å². The van der Waals surface area contributed by atoms with E-state index in [-0.39, 0.29) is 17.9 Å². The van der Waals surface area contributed by atoms with Crippen LogP contribution in [0.2, 0.25) is 0 Å². The van der Waals surface area contributed by atoms with E-state index in [1.165, 1.54) is 24.1 Å². The third kappa shape index (κ3) is 4.88. The van der Waals surface area contributed by atoms with Gasteiger partial charge in [0.15, 0.2) is 0 Å². The number of urea groups is 1. The molecule has 2 aliphatic heterocycles. The Morgan fingerprint density at radius 3 is 2.52 bits per heavy atom. The van der Waals surface area contributed by atoms with Crippen LogP contribution in [0.3, 0.4) is 0 Å². The molecule has 5 nitrogen and oxygen atoms in total. The summed E-state index contributed by atoms with van der Waals surface area (Å²) in [6.07, 6.45) is 5.47. The fourth-order valence-corrected chi connectivity index (χ4v) is 4.72. The normalized spacial score (nSPS) is 24.0. The molecule has 0 spiro atoms. The zero-order valence-corrected chi connectivity index (χ0v) is 16.7. The van der Waals surface area contributed by atoms with Gasteiger partial charge in [-0.2, -0.15) is 0 Å². The summed E-state index contributed by atoms with van der Waals surface area (Å²) in [7, 11) is 1.68.